The molecular weight excluding hydrogens is 268 g/mol. The van der Waals surface area contributed by atoms with Crippen molar-refractivity contribution >= 4 is 17.4 Å². The van der Waals surface area contributed by atoms with Gasteiger partial charge >= 0.3 is 0 Å². The molecule has 5 heteroatoms. The number of nitrogens with one attached hydrogen (secondary N) is 1. The molecule has 2 rings (SSSR count). The number of nitrogens with zero attached hydrogens (tertiary/aromatic N) is 1. The smallest absolute Gasteiger partial charge is 0.255 e. The van der Waals surface area contributed by atoms with Crippen LogP contribution in [0.1, 0.15) is 33.2 Å². The number of carbonyl (C=O) groups is 2. The maximum Gasteiger partial charge on any atom is 0.255 e. The maximum absolute atomic E-state index is 12.2. The number of hydrogen-bond acceptors (Lipinski definition) is 3. The van der Waals surface area contributed by atoms with E-state index >= 15 is 0 Å². The standard InChI is InChI=1S/C16H16N2O3/c1-10-5-4-6-13(15(10)11(2)19)17-16(21)12-7-8-18(3)14(20)9-12/h4-9H,1-3H3,(H,17,21). The number of amides is 1. The van der Waals surface area contributed by atoms with E-state index in [1.165, 1.54) is 23.8 Å². The molecule has 0 fully saturated rings. The molecule has 1 N–H and O–H groups in total. The molecule has 1 aromatic carbocycles. The molecule has 1 aromatic heterocycles. The summed E-state index contributed by atoms with van der Waals surface area (Å²) in [7, 11) is 1.61. The monoisotopic (exact) mass is 284 g/mol. The predicted molar refractivity (Wildman–Crippen MR) is 80.8 cm³/mol. The molecule has 1 heterocycles. The summed E-state index contributed by atoms with van der Waals surface area (Å²) in [5.41, 5.74) is 1.72. The average Bonchev–Trinajstić information content (AvgIpc) is 2.41. The van der Waals surface area contributed by atoms with Crippen LogP contribution in [-0.4, -0.2) is 16.3 Å². The van der Waals surface area contributed by atoms with Gasteiger partial charge in [-0.3, -0.25) is 14.4 Å². The van der Waals surface area contributed by atoms with Gasteiger partial charge in [-0.1, -0.05) is 12.1 Å². The van der Waals surface area contributed by atoms with Crippen molar-refractivity contribution in [1.82, 2.24) is 4.57 Å². The lowest BCUT2D eigenvalue weighted by molar-refractivity contribution is 0.101. The molecule has 0 radical (unpaired) electrons. The highest BCUT2D eigenvalue weighted by Gasteiger charge is 2.14. The number of rotatable bonds is 3. The molecule has 21 heavy (non-hydrogen) atoms. The Balaban J connectivity index is 2.36. The number of aryl methyl sites for hydroxylation is 2. The van der Waals surface area contributed by atoms with Gasteiger partial charge in [0.05, 0.1) is 5.69 Å². The molecule has 0 unspecified atom stereocenters. The number of hydrogen-bond donors (Lipinski definition) is 1. The molecule has 0 bridgehead atoms. The molecule has 108 valence electrons. The number of pyridine rings is 1. The van der Waals surface area contributed by atoms with E-state index in [9.17, 15) is 14.4 Å². The van der Waals surface area contributed by atoms with E-state index in [2.05, 4.69) is 5.32 Å². The van der Waals surface area contributed by atoms with Crippen molar-refractivity contribution in [3.05, 3.63) is 63.6 Å². The SMILES string of the molecule is CC(=O)c1c(C)cccc1NC(=O)c1ccn(C)c(=O)c1. The molecule has 5 nitrogen and oxygen atoms in total. The zero-order valence-electron chi connectivity index (χ0n) is 12.1. The summed E-state index contributed by atoms with van der Waals surface area (Å²) in [4.78, 5) is 35.4. The van der Waals surface area contributed by atoms with Gasteiger partial charge in [0.1, 0.15) is 0 Å². The summed E-state index contributed by atoms with van der Waals surface area (Å²) in [5, 5.41) is 2.69. The van der Waals surface area contributed by atoms with Crippen LogP contribution in [0, 0.1) is 6.92 Å². The van der Waals surface area contributed by atoms with Crippen LogP contribution in [0.25, 0.3) is 0 Å². The quantitative estimate of drug-likeness (QED) is 0.878. The number of carbonyl (C=O) groups excluding carboxylic acids is 2. The van der Waals surface area contributed by atoms with Crippen LogP contribution in [0.4, 0.5) is 5.69 Å². The van der Waals surface area contributed by atoms with Gasteiger partial charge in [0, 0.05) is 30.4 Å². The van der Waals surface area contributed by atoms with Gasteiger partial charge in [0.25, 0.3) is 11.5 Å². The third-order valence-corrected chi connectivity index (χ3v) is 3.24. The maximum atomic E-state index is 12.2. The minimum Gasteiger partial charge on any atom is -0.321 e. The molecule has 0 saturated heterocycles. The molecular formula is C16H16N2O3. The molecule has 2 aromatic rings. The predicted octanol–water partition coefficient (Wildman–Crippen LogP) is 2.15. The fourth-order valence-corrected chi connectivity index (χ4v) is 2.12. The first-order valence-corrected chi connectivity index (χ1v) is 6.48. The van der Waals surface area contributed by atoms with Crippen LogP contribution in [0.3, 0.4) is 0 Å². The van der Waals surface area contributed by atoms with Crippen molar-refractivity contribution in [3.8, 4) is 0 Å². The number of benzene rings is 1. The Morgan fingerprint density at radius 3 is 2.52 bits per heavy atom. The molecule has 0 spiro atoms. The summed E-state index contributed by atoms with van der Waals surface area (Å²) in [6.07, 6.45) is 1.53. The summed E-state index contributed by atoms with van der Waals surface area (Å²) in [5.74, 6) is -0.534. The van der Waals surface area contributed by atoms with Crippen molar-refractivity contribution in [2.24, 2.45) is 7.05 Å². The van der Waals surface area contributed by atoms with Crippen molar-refractivity contribution < 1.29 is 9.59 Å². The lowest BCUT2D eigenvalue weighted by atomic mass is 10.0. The van der Waals surface area contributed by atoms with Crippen LogP contribution >= 0.6 is 0 Å². The van der Waals surface area contributed by atoms with E-state index in [1.807, 2.05) is 13.0 Å². The Morgan fingerprint density at radius 2 is 1.90 bits per heavy atom. The molecule has 0 atom stereocenters. The lowest BCUT2D eigenvalue weighted by Crippen LogP contribution is -2.20. The van der Waals surface area contributed by atoms with E-state index < -0.39 is 5.91 Å². The van der Waals surface area contributed by atoms with Crippen LogP contribution in [0.5, 0.6) is 0 Å². The van der Waals surface area contributed by atoms with Crippen LogP contribution in [0.2, 0.25) is 0 Å². The van der Waals surface area contributed by atoms with Gasteiger partial charge in [0.2, 0.25) is 0 Å². The van der Waals surface area contributed by atoms with Crippen molar-refractivity contribution in [2.75, 3.05) is 5.32 Å². The second-order valence-corrected chi connectivity index (χ2v) is 4.87. The first kappa shape index (κ1) is 14.7. The lowest BCUT2D eigenvalue weighted by Gasteiger charge is -2.11. The van der Waals surface area contributed by atoms with Crippen LogP contribution < -0.4 is 10.9 Å². The zero-order chi connectivity index (χ0) is 15.6. The Hall–Kier alpha value is -2.69. The molecule has 0 aliphatic heterocycles. The minimum absolute atomic E-state index is 0.118. The van der Waals surface area contributed by atoms with Crippen LogP contribution in [0.15, 0.2) is 41.3 Å². The molecule has 0 saturated carbocycles. The normalized spacial score (nSPS) is 10.2. The second kappa shape index (κ2) is 5.75. The van der Waals surface area contributed by atoms with E-state index in [0.717, 1.165) is 5.56 Å². The number of Topliss-reactive ketones (excluding diaryl/α,β-unsaturated/α-hetero) is 1. The van der Waals surface area contributed by atoms with Gasteiger partial charge in [-0.25, -0.2) is 0 Å². The highest BCUT2D eigenvalue weighted by Crippen LogP contribution is 2.20. The third-order valence-electron chi connectivity index (χ3n) is 3.24. The fourth-order valence-electron chi connectivity index (χ4n) is 2.12. The third kappa shape index (κ3) is 3.08. The van der Waals surface area contributed by atoms with E-state index in [4.69, 9.17) is 0 Å². The summed E-state index contributed by atoms with van der Waals surface area (Å²) < 4.78 is 1.38. The van der Waals surface area contributed by atoms with Gasteiger partial charge in [-0.05, 0) is 31.5 Å². The largest absolute Gasteiger partial charge is 0.321 e. The van der Waals surface area contributed by atoms with Gasteiger partial charge < -0.3 is 9.88 Å². The minimum atomic E-state index is -0.416. The van der Waals surface area contributed by atoms with Gasteiger partial charge in [-0.15, -0.1) is 0 Å². The number of aromatic nitrogens is 1. The molecule has 0 aliphatic rings. The highest BCUT2D eigenvalue weighted by molar-refractivity contribution is 6.09. The van der Waals surface area contributed by atoms with E-state index in [0.29, 0.717) is 11.3 Å². The average molecular weight is 284 g/mol. The van der Waals surface area contributed by atoms with Crippen molar-refractivity contribution in [2.45, 2.75) is 13.8 Å². The Bertz CT molecular complexity index is 775. The van der Waals surface area contributed by atoms with E-state index in [-0.39, 0.29) is 16.9 Å². The fraction of sp³-hybridized carbons (Fsp3) is 0.188. The van der Waals surface area contributed by atoms with E-state index in [1.54, 1.807) is 25.2 Å². The first-order valence-electron chi connectivity index (χ1n) is 6.48. The van der Waals surface area contributed by atoms with Gasteiger partial charge in [0.15, 0.2) is 5.78 Å². The molecule has 1 amide bonds. The van der Waals surface area contributed by atoms with Crippen LogP contribution in [-0.2, 0) is 7.05 Å². The summed E-state index contributed by atoms with van der Waals surface area (Å²) in [6.45, 7) is 3.26. The van der Waals surface area contributed by atoms with Crippen molar-refractivity contribution in [3.63, 3.8) is 0 Å². The Kier molecular flexibility index (Phi) is 4.03. The topological polar surface area (TPSA) is 68.2 Å². The van der Waals surface area contributed by atoms with Gasteiger partial charge in [-0.2, -0.15) is 0 Å². The Morgan fingerprint density at radius 1 is 1.19 bits per heavy atom. The first-order chi connectivity index (χ1) is 9.90. The highest BCUT2D eigenvalue weighted by atomic mass is 16.2. The summed E-state index contributed by atoms with van der Waals surface area (Å²) >= 11 is 0. The Labute approximate surface area is 122 Å². The number of anilines is 1. The zero-order valence-corrected chi connectivity index (χ0v) is 12.1. The second-order valence-electron chi connectivity index (χ2n) is 4.87. The number of ketones is 1. The summed E-state index contributed by atoms with van der Waals surface area (Å²) in [6, 6.07) is 8.06. The molecule has 0 aliphatic carbocycles. The van der Waals surface area contributed by atoms with Crippen molar-refractivity contribution in [1.29, 1.82) is 0 Å².